The van der Waals surface area contributed by atoms with Crippen LogP contribution in [-0.4, -0.2) is 44.2 Å². The van der Waals surface area contributed by atoms with E-state index in [1.807, 2.05) is 0 Å². The smallest absolute Gasteiger partial charge is 0.208 e. The number of guanidine groups is 1. The summed E-state index contributed by atoms with van der Waals surface area (Å²) in [6.07, 6.45) is 6.12. The minimum atomic E-state index is 0.552. The second kappa shape index (κ2) is 8.32. The number of nitrogens with two attached hydrogens (primary N) is 1. The minimum absolute atomic E-state index is 0.552. The number of hydrazine groups is 1. The first-order chi connectivity index (χ1) is 8.70. The lowest BCUT2D eigenvalue weighted by atomic mass is 9.85. The van der Waals surface area contributed by atoms with E-state index >= 15 is 0 Å². The fourth-order valence-corrected chi connectivity index (χ4v) is 2.68. The summed E-state index contributed by atoms with van der Waals surface area (Å²) >= 11 is 0. The molecular weight excluding hydrogens is 228 g/mol. The lowest BCUT2D eigenvalue weighted by molar-refractivity contribution is 0.194. The Hall–Kier alpha value is -0.810. The van der Waals surface area contributed by atoms with Crippen molar-refractivity contribution in [2.24, 2.45) is 16.8 Å². The molecule has 3 N–H and O–H groups in total. The lowest BCUT2D eigenvalue weighted by Crippen LogP contribution is -2.50. The average molecular weight is 256 g/mol. The number of hydrogen-bond donors (Lipinski definition) is 2. The molecule has 0 radical (unpaired) electrons. The highest BCUT2D eigenvalue weighted by molar-refractivity contribution is 5.79. The average Bonchev–Trinajstić information content (AvgIpc) is 2.39. The monoisotopic (exact) mass is 256 g/mol. The molecule has 1 aliphatic carbocycles. The first-order valence-electron chi connectivity index (χ1n) is 6.93. The van der Waals surface area contributed by atoms with Crippen molar-refractivity contribution >= 4 is 5.96 Å². The summed E-state index contributed by atoms with van der Waals surface area (Å²) in [5.41, 5.74) is 2.73. The van der Waals surface area contributed by atoms with Gasteiger partial charge in [0.2, 0.25) is 5.96 Å². The largest absolute Gasteiger partial charge is 0.385 e. The molecule has 5 heteroatoms. The third kappa shape index (κ3) is 4.46. The first kappa shape index (κ1) is 15.2. The van der Waals surface area contributed by atoms with E-state index in [4.69, 9.17) is 10.6 Å². The predicted molar refractivity (Wildman–Crippen MR) is 75.3 cm³/mol. The summed E-state index contributed by atoms with van der Waals surface area (Å²) < 4.78 is 5.02. The second-order valence-corrected chi connectivity index (χ2v) is 5.14. The molecule has 0 aromatic carbocycles. The normalized spacial score (nSPS) is 25.0. The van der Waals surface area contributed by atoms with Crippen LogP contribution in [0.3, 0.4) is 0 Å². The first-order valence-corrected chi connectivity index (χ1v) is 6.93. The number of hydrogen-bond acceptors (Lipinski definition) is 3. The van der Waals surface area contributed by atoms with Gasteiger partial charge in [-0.1, -0.05) is 19.8 Å². The van der Waals surface area contributed by atoms with E-state index in [1.165, 1.54) is 25.7 Å². The maximum Gasteiger partial charge on any atom is 0.208 e. The van der Waals surface area contributed by atoms with Crippen LogP contribution in [0, 0.1) is 5.92 Å². The highest BCUT2D eigenvalue weighted by Crippen LogP contribution is 2.27. The number of nitrogens with zero attached hydrogens (tertiary/aromatic N) is 2. The van der Waals surface area contributed by atoms with Gasteiger partial charge in [-0.15, -0.1) is 0 Å². The van der Waals surface area contributed by atoms with Crippen molar-refractivity contribution in [3.8, 4) is 0 Å². The number of nitrogens with one attached hydrogen (secondary N) is 1. The van der Waals surface area contributed by atoms with Gasteiger partial charge >= 0.3 is 0 Å². The molecule has 2 atom stereocenters. The topological polar surface area (TPSA) is 62.9 Å². The lowest BCUT2D eigenvalue weighted by Gasteiger charge is -2.37. The molecule has 1 fully saturated rings. The molecule has 0 aromatic heterocycles. The molecule has 2 unspecified atom stereocenters. The maximum atomic E-state index is 5.59. The standard InChI is InChI=1S/C13H28N4O/c1-11-7-4-5-8-12(11)17(2)13(16-14)15-9-6-10-18-3/h11-12H,4-10,14H2,1-3H3,(H,15,16). The molecule has 1 aliphatic rings. The minimum Gasteiger partial charge on any atom is -0.385 e. The molecule has 0 spiro atoms. The van der Waals surface area contributed by atoms with Crippen LogP contribution in [0.15, 0.2) is 4.99 Å². The van der Waals surface area contributed by atoms with Crippen LogP contribution in [0.2, 0.25) is 0 Å². The SMILES string of the molecule is COCCCN=C(NN)N(C)C1CCCCC1C. The van der Waals surface area contributed by atoms with Crippen molar-refractivity contribution in [3.05, 3.63) is 0 Å². The van der Waals surface area contributed by atoms with Gasteiger partial charge in [-0.25, -0.2) is 5.84 Å². The Balaban J connectivity index is 2.51. The summed E-state index contributed by atoms with van der Waals surface area (Å²) in [5.74, 6) is 7.09. The molecule has 0 saturated heterocycles. The number of rotatable bonds is 5. The van der Waals surface area contributed by atoms with Crippen LogP contribution in [-0.2, 0) is 4.74 Å². The van der Waals surface area contributed by atoms with E-state index in [0.717, 1.165) is 25.5 Å². The Bertz CT molecular complexity index is 257. The van der Waals surface area contributed by atoms with Gasteiger partial charge in [-0.05, 0) is 25.2 Å². The van der Waals surface area contributed by atoms with Crippen LogP contribution in [0.4, 0.5) is 0 Å². The molecule has 0 amide bonds. The fourth-order valence-electron chi connectivity index (χ4n) is 2.68. The van der Waals surface area contributed by atoms with Crippen molar-refractivity contribution in [2.45, 2.75) is 45.1 Å². The van der Waals surface area contributed by atoms with Gasteiger partial charge in [0, 0.05) is 33.4 Å². The predicted octanol–water partition coefficient (Wildman–Crippen LogP) is 1.35. The Morgan fingerprint density at radius 1 is 1.44 bits per heavy atom. The number of aliphatic imine (C=N–C) groups is 1. The quantitative estimate of drug-likeness (QED) is 0.256. The Morgan fingerprint density at radius 2 is 2.17 bits per heavy atom. The zero-order chi connectivity index (χ0) is 13.4. The fraction of sp³-hybridized carbons (Fsp3) is 0.923. The zero-order valence-electron chi connectivity index (χ0n) is 12.0. The molecule has 0 aromatic rings. The van der Waals surface area contributed by atoms with Crippen molar-refractivity contribution in [2.75, 3.05) is 27.3 Å². The van der Waals surface area contributed by atoms with Crippen molar-refractivity contribution in [3.63, 3.8) is 0 Å². The Labute approximate surface area is 111 Å². The van der Waals surface area contributed by atoms with Crippen molar-refractivity contribution < 1.29 is 4.74 Å². The maximum absolute atomic E-state index is 5.59. The molecule has 106 valence electrons. The van der Waals surface area contributed by atoms with Crippen molar-refractivity contribution in [1.29, 1.82) is 0 Å². The molecule has 0 heterocycles. The third-order valence-electron chi connectivity index (χ3n) is 3.80. The van der Waals surface area contributed by atoms with Crippen LogP contribution < -0.4 is 11.3 Å². The second-order valence-electron chi connectivity index (χ2n) is 5.14. The summed E-state index contributed by atoms with van der Waals surface area (Å²) in [4.78, 5) is 6.72. The molecule has 1 rings (SSSR count). The third-order valence-corrected chi connectivity index (χ3v) is 3.80. The highest BCUT2D eigenvalue weighted by Gasteiger charge is 2.26. The number of ether oxygens (including phenoxy) is 1. The van der Waals surface area contributed by atoms with Gasteiger partial charge in [0.05, 0.1) is 0 Å². The van der Waals surface area contributed by atoms with Crippen LogP contribution >= 0.6 is 0 Å². The molecular formula is C13H28N4O. The molecule has 5 nitrogen and oxygen atoms in total. The van der Waals surface area contributed by atoms with Gasteiger partial charge in [0.1, 0.15) is 0 Å². The summed E-state index contributed by atoms with van der Waals surface area (Å²) in [7, 11) is 3.79. The molecule has 18 heavy (non-hydrogen) atoms. The van der Waals surface area contributed by atoms with Crippen LogP contribution in [0.5, 0.6) is 0 Å². The van der Waals surface area contributed by atoms with Crippen molar-refractivity contribution in [1.82, 2.24) is 10.3 Å². The summed E-state index contributed by atoms with van der Waals surface area (Å²) in [5, 5.41) is 0. The Morgan fingerprint density at radius 3 is 2.78 bits per heavy atom. The van der Waals surface area contributed by atoms with Gasteiger partial charge in [-0.3, -0.25) is 10.4 Å². The van der Waals surface area contributed by atoms with E-state index in [0.29, 0.717) is 12.0 Å². The van der Waals surface area contributed by atoms with Gasteiger partial charge in [0.25, 0.3) is 0 Å². The number of methoxy groups -OCH3 is 1. The summed E-state index contributed by atoms with van der Waals surface area (Å²) in [6.45, 7) is 3.81. The van der Waals surface area contributed by atoms with E-state index in [2.05, 4.69) is 29.3 Å². The van der Waals surface area contributed by atoms with E-state index in [9.17, 15) is 0 Å². The van der Waals surface area contributed by atoms with Crippen LogP contribution in [0.1, 0.15) is 39.0 Å². The van der Waals surface area contributed by atoms with E-state index in [1.54, 1.807) is 7.11 Å². The molecule has 1 saturated carbocycles. The zero-order valence-corrected chi connectivity index (χ0v) is 12.0. The van der Waals surface area contributed by atoms with E-state index in [-0.39, 0.29) is 0 Å². The Kier molecular flexibility index (Phi) is 7.05. The van der Waals surface area contributed by atoms with Gasteiger partial charge in [-0.2, -0.15) is 0 Å². The molecule has 0 bridgehead atoms. The van der Waals surface area contributed by atoms with E-state index < -0.39 is 0 Å². The highest BCUT2D eigenvalue weighted by atomic mass is 16.5. The molecule has 0 aliphatic heterocycles. The van der Waals surface area contributed by atoms with Gasteiger partial charge < -0.3 is 9.64 Å². The van der Waals surface area contributed by atoms with Gasteiger partial charge in [0.15, 0.2) is 0 Å². The summed E-state index contributed by atoms with van der Waals surface area (Å²) in [6, 6.07) is 0.552. The van der Waals surface area contributed by atoms with Crippen LogP contribution in [0.25, 0.3) is 0 Å².